The summed E-state index contributed by atoms with van der Waals surface area (Å²) >= 11 is 1.81. The van der Waals surface area contributed by atoms with Gasteiger partial charge in [0.1, 0.15) is 17.0 Å². The Hall–Kier alpha value is -1.24. The van der Waals surface area contributed by atoms with Crippen LogP contribution in [0.4, 0.5) is 5.82 Å². The molecule has 1 spiro atoms. The lowest BCUT2D eigenvalue weighted by Crippen LogP contribution is -2.59. The number of aryl methyl sites for hydroxylation is 1. The van der Waals surface area contributed by atoms with Gasteiger partial charge in [-0.25, -0.2) is 9.97 Å². The van der Waals surface area contributed by atoms with Crippen molar-refractivity contribution in [2.24, 2.45) is 11.3 Å². The first-order chi connectivity index (χ1) is 13.5. The number of anilines is 1. The Morgan fingerprint density at radius 1 is 1.25 bits per heavy atom. The molecule has 3 saturated heterocycles. The van der Waals surface area contributed by atoms with Crippen molar-refractivity contribution in [1.82, 2.24) is 14.9 Å². The van der Waals surface area contributed by atoms with Gasteiger partial charge < -0.3 is 14.5 Å². The maximum atomic E-state index is 5.89. The predicted octanol–water partition coefficient (Wildman–Crippen LogP) is 3.97. The number of fused-ring (bicyclic) bond motifs is 1. The van der Waals surface area contributed by atoms with E-state index in [2.05, 4.69) is 46.6 Å². The Balaban J connectivity index is 1.22. The van der Waals surface area contributed by atoms with Crippen LogP contribution in [0.2, 0.25) is 0 Å². The number of hydrogen-bond acceptors (Lipinski definition) is 6. The SMILES string of the molecule is CCc1cc2c(N3CCC4(CN(CC5CCOC(C)(C)C5)C4)C3)ncnc2s1. The number of rotatable bonds is 4. The van der Waals surface area contributed by atoms with Crippen molar-refractivity contribution in [1.29, 1.82) is 0 Å². The van der Waals surface area contributed by atoms with E-state index in [0.29, 0.717) is 5.41 Å². The Morgan fingerprint density at radius 3 is 2.89 bits per heavy atom. The van der Waals surface area contributed by atoms with Gasteiger partial charge in [-0.3, -0.25) is 0 Å². The summed E-state index contributed by atoms with van der Waals surface area (Å²) in [5.41, 5.74) is 0.535. The fourth-order valence-electron chi connectivity index (χ4n) is 5.60. The van der Waals surface area contributed by atoms with Gasteiger partial charge in [0, 0.05) is 49.6 Å². The van der Waals surface area contributed by atoms with E-state index in [0.717, 1.165) is 42.7 Å². The standard InChI is InChI=1S/C22H32N4OS/c1-4-17-9-18-19(23-15-24-20(18)28-17)26-7-6-22(14-26)12-25(13-22)11-16-5-8-27-21(2,3)10-16/h9,15-16H,4-8,10-14H2,1-3H3. The summed E-state index contributed by atoms with van der Waals surface area (Å²) in [5.74, 6) is 1.95. The van der Waals surface area contributed by atoms with E-state index >= 15 is 0 Å². The van der Waals surface area contributed by atoms with Crippen LogP contribution in [0.1, 0.15) is 44.9 Å². The highest BCUT2D eigenvalue weighted by atomic mass is 32.1. The number of nitrogens with zero attached hydrogens (tertiary/aromatic N) is 4. The largest absolute Gasteiger partial charge is 0.376 e. The lowest BCUT2D eigenvalue weighted by atomic mass is 9.77. The van der Waals surface area contributed by atoms with Gasteiger partial charge >= 0.3 is 0 Å². The van der Waals surface area contributed by atoms with Crippen LogP contribution >= 0.6 is 11.3 Å². The van der Waals surface area contributed by atoms with Crippen LogP contribution in [0.15, 0.2) is 12.4 Å². The third kappa shape index (κ3) is 3.44. The molecule has 3 aliphatic rings. The summed E-state index contributed by atoms with van der Waals surface area (Å²) in [5, 5.41) is 1.25. The summed E-state index contributed by atoms with van der Waals surface area (Å²) in [6, 6.07) is 2.31. The highest BCUT2D eigenvalue weighted by Gasteiger charge is 2.48. The molecule has 1 atom stereocenters. The zero-order valence-electron chi connectivity index (χ0n) is 17.4. The molecule has 2 aromatic heterocycles. The van der Waals surface area contributed by atoms with Gasteiger partial charge in [-0.1, -0.05) is 6.92 Å². The molecule has 28 heavy (non-hydrogen) atoms. The van der Waals surface area contributed by atoms with Gasteiger partial charge in [0.15, 0.2) is 0 Å². The normalized spacial score (nSPS) is 26.8. The fourth-order valence-corrected chi connectivity index (χ4v) is 6.53. The molecular weight excluding hydrogens is 368 g/mol. The maximum Gasteiger partial charge on any atom is 0.140 e. The van der Waals surface area contributed by atoms with E-state index in [1.165, 1.54) is 49.2 Å². The van der Waals surface area contributed by atoms with E-state index < -0.39 is 0 Å². The molecule has 0 bridgehead atoms. The zero-order valence-corrected chi connectivity index (χ0v) is 18.2. The highest BCUT2D eigenvalue weighted by molar-refractivity contribution is 7.18. The second kappa shape index (κ2) is 6.92. The summed E-state index contributed by atoms with van der Waals surface area (Å²) < 4.78 is 5.89. The van der Waals surface area contributed by atoms with E-state index in [9.17, 15) is 0 Å². The molecule has 0 aliphatic carbocycles. The summed E-state index contributed by atoms with van der Waals surface area (Å²) in [7, 11) is 0. The second-order valence-corrected chi connectivity index (χ2v) is 10.9. The average Bonchev–Trinajstić information content (AvgIpc) is 3.24. The smallest absolute Gasteiger partial charge is 0.140 e. The molecular formula is C22H32N4OS. The van der Waals surface area contributed by atoms with Crippen molar-refractivity contribution in [2.45, 2.75) is 52.1 Å². The van der Waals surface area contributed by atoms with Crippen LogP contribution in [0, 0.1) is 11.3 Å². The fraction of sp³-hybridized carbons (Fsp3) is 0.727. The monoisotopic (exact) mass is 400 g/mol. The summed E-state index contributed by atoms with van der Waals surface area (Å²) in [6.07, 6.45) is 6.52. The lowest BCUT2D eigenvalue weighted by Gasteiger charge is -2.50. The van der Waals surface area contributed by atoms with Gasteiger partial charge in [-0.15, -0.1) is 11.3 Å². The molecule has 0 N–H and O–H groups in total. The van der Waals surface area contributed by atoms with E-state index in [4.69, 9.17) is 4.74 Å². The highest BCUT2D eigenvalue weighted by Crippen LogP contribution is 2.43. The molecule has 0 amide bonds. The summed E-state index contributed by atoms with van der Waals surface area (Å²) in [6.45, 7) is 13.6. The predicted molar refractivity (Wildman–Crippen MR) is 115 cm³/mol. The van der Waals surface area contributed by atoms with Crippen LogP contribution in [-0.4, -0.2) is 59.8 Å². The Morgan fingerprint density at radius 2 is 2.11 bits per heavy atom. The van der Waals surface area contributed by atoms with Gasteiger partial charge in [0.25, 0.3) is 0 Å². The van der Waals surface area contributed by atoms with Gasteiger partial charge in [-0.05, 0) is 51.5 Å². The molecule has 5 rings (SSSR count). The maximum absolute atomic E-state index is 5.89. The number of ether oxygens (including phenoxy) is 1. The molecule has 3 fully saturated rings. The first-order valence-corrected chi connectivity index (χ1v) is 11.6. The molecule has 0 radical (unpaired) electrons. The molecule has 152 valence electrons. The quantitative estimate of drug-likeness (QED) is 0.777. The van der Waals surface area contributed by atoms with Crippen LogP contribution < -0.4 is 4.90 Å². The van der Waals surface area contributed by atoms with E-state index in [1.807, 2.05) is 11.3 Å². The second-order valence-electron chi connectivity index (χ2n) is 9.79. The van der Waals surface area contributed by atoms with Gasteiger partial charge in [0.2, 0.25) is 0 Å². The average molecular weight is 401 g/mol. The Bertz CT molecular complexity index is 857. The lowest BCUT2D eigenvalue weighted by molar-refractivity contribution is -0.0872. The first kappa shape index (κ1) is 18.8. The molecule has 5 heterocycles. The van der Waals surface area contributed by atoms with E-state index in [-0.39, 0.29) is 5.60 Å². The van der Waals surface area contributed by atoms with Crippen molar-refractivity contribution in [3.05, 3.63) is 17.3 Å². The van der Waals surface area contributed by atoms with Crippen LogP contribution in [0.3, 0.4) is 0 Å². The number of hydrogen-bond donors (Lipinski definition) is 0. The minimum absolute atomic E-state index is 0.0614. The minimum atomic E-state index is 0.0614. The molecule has 0 saturated carbocycles. The zero-order chi connectivity index (χ0) is 19.4. The Labute approximate surface area is 172 Å². The third-order valence-corrected chi connectivity index (χ3v) is 8.07. The number of aromatic nitrogens is 2. The topological polar surface area (TPSA) is 41.5 Å². The van der Waals surface area contributed by atoms with Crippen LogP contribution in [0.25, 0.3) is 10.2 Å². The van der Waals surface area contributed by atoms with Crippen LogP contribution in [-0.2, 0) is 11.2 Å². The minimum Gasteiger partial charge on any atom is -0.376 e. The van der Waals surface area contributed by atoms with Gasteiger partial charge in [-0.2, -0.15) is 0 Å². The van der Waals surface area contributed by atoms with Crippen molar-refractivity contribution in [2.75, 3.05) is 44.2 Å². The van der Waals surface area contributed by atoms with Crippen molar-refractivity contribution < 1.29 is 4.74 Å². The van der Waals surface area contributed by atoms with E-state index in [1.54, 1.807) is 6.33 Å². The van der Waals surface area contributed by atoms with Gasteiger partial charge in [0.05, 0.1) is 11.0 Å². The molecule has 3 aliphatic heterocycles. The number of likely N-dealkylation sites (tertiary alicyclic amines) is 1. The van der Waals surface area contributed by atoms with Crippen molar-refractivity contribution in [3.63, 3.8) is 0 Å². The third-order valence-electron chi connectivity index (χ3n) is 6.88. The molecule has 5 nitrogen and oxygen atoms in total. The molecule has 1 unspecified atom stereocenters. The Kier molecular flexibility index (Phi) is 4.64. The molecule has 6 heteroatoms. The van der Waals surface area contributed by atoms with Crippen molar-refractivity contribution in [3.8, 4) is 0 Å². The van der Waals surface area contributed by atoms with Crippen LogP contribution in [0.5, 0.6) is 0 Å². The molecule has 2 aromatic rings. The van der Waals surface area contributed by atoms with Crippen molar-refractivity contribution >= 4 is 27.4 Å². The first-order valence-electron chi connectivity index (χ1n) is 10.8. The molecule has 0 aromatic carbocycles. The number of thiophene rings is 1. The summed E-state index contributed by atoms with van der Waals surface area (Å²) in [4.78, 5) is 16.9.